The van der Waals surface area contributed by atoms with Gasteiger partial charge in [-0.05, 0) is 49.6 Å². The zero-order valence-electron chi connectivity index (χ0n) is 9.04. The van der Waals surface area contributed by atoms with Crippen molar-refractivity contribution in [2.75, 3.05) is 18.5 Å². The summed E-state index contributed by atoms with van der Waals surface area (Å²) < 4.78 is 13.3. The lowest BCUT2D eigenvalue weighted by Crippen LogP contribution is -2.19. The Hall–Kier alpha value is -1.09. The molecule has 1 aromatic rings. The minimum atomic E-state index is -0.163. The average molecular weight is 208 g/mol. The van der Waals surface area contributed by atoms with Crippen LogP contribution in [0.2, 0.25) is 0 Å². The van der Waals surface area contributed by atoms with Crippen LogP contribution >= 0.6 is 0 Å². The van der Waals surface area contributed by atoms with Gasteiger partial charge < -0.3 is 10.6 Å². The number of hydrogen-bond donors (Lipinski definition) is 1. The smallest absolute Gasteiger partial charge is 0.125 e. The van der Waals surface area contributed by atoms with Gasteiger partial charge in [-0.25, -0.2) is 4.39 Å². The van der Waals surface area contributed by atoms with Crippen molar-refractivity contribution >= 4 is 5.69 Å². The third kappa shape index (κ3) is 2.48. The third-order valence-corrected chi connectivity index (χ3v) is 2.88. The number of hydrogen-bond acceptors (Lipinski definition) is 2. The second-order valence-electron chi connectivity index (χ2n) is 4.20. The maximum Gasteiger partial charge on any atom is 0.125 e. The molecule has 1 aromatic carbocycles. The van der Waals surface area contributed by atoms with Crippen LogP contribution in [-0.2, 0) is 6.42 Å². The standard InChI is InChI=1S/C12H17FN2/c1-15(11-2-3-11)12-7-9(4-5-14)6-10(13)8-12/h6-8,11H,2-5,14H2,1H3. The third-order valence-electron chi connectivity index (χ3n) is 2.88. The summed E-state index contributed by atoms with van der Waals surface area (Å²) in [5.74, 6) is -0.163. The molecule has 2 rings (SSSR count). The number of benzene rings is 1. The van der Waals surface area contributed by atoms with Crippen LogP contribution in [0.5, 0.6) is 0 Å². The highest BCUT2D eigenvalue weighted by atomic mass is 19.1. The van der Waals surface area contributed by atoms with Crippen LogP contribution in [0, 0.1) is 5.82 Å². The van der Waals surface area contributed by atoms with E-state index in [0.29, 0.717) is 12.6 Å². The van der Waals surface area contributed by atoms with E-state index in [9.17, 15) is 4.39 Å². The van der Waals surface area contributed by atoms with Crippen molar-refractivity contribution in [3.05, 3.63) is 29.6 Å². The molecule has 3 heteroatoms. The normalized spacial score (nSPS) is 15.4. The molecule has 1 aliphatic rings. The summed E-state index contributed by atoms with van der Waals surface area (Å²) in [5, 5.41) is 0. The molecule has 0 aliphatic heterocycles. The molecular formula is C12H17FN2. The van der Waals surface area contributed by atoms with E-state index in [0.717, 1.165) is 17.7 Å². The summed E-state index contributed by atoms with van der Waals surface area (Å²) in [7, 11) is 2.03. The SMILES string of the molecule is CN(c1cc(F)cc(CCN)c1)C1CC1. The molecule has 0 saturated heterocycles. The zero-order valence-corrected chi connectivity index (χ0v) is 9.04. The Morgan fingerprint density at radius 3 is 2.73 bits per heavy atom. The topological polar surface area (TPSA) is 29.3 Å². The first-order chi connectivity index (χ1) is 7.20. The fraction of sp³-hybridized carbons (Fsp3) is 0.500. The van der Waals surface area contributed by atoms with Gasteiger partial charge in [0.1, 0.15) is 5.82 Å². The van der Waals surface area contributed by atoms with Crippen molar-refractivity contribution in [2.45, 2.75) is 25.3 Å². The molecule has 82 valence electrons. The van der Waals surface area contributed by atoms with Crippen LogP contribution < -0.4 is 10.6 Å². The molecule has 0 amide bonds. The molecule has 0 heterocycles. The minimum absolute atomic E-state index is 0.163. The zero-order chi connectivity index (χ0) is 10.8. The van der Waals surface area contributed by atoms with Gasteiger partial charge in [0.15, 0.2) is 0 Å². The second kappa shape index (κ2) is 4.19. The van der Waals surface area contributed by atoms with Gasteiger partial charge in [-0.2, -0.15) is 0 Å². The first kappa shape index (κ1) is 10.4. The molecule has 1 fully saturated rings. The monoisotopic (exact) mass is 208 g/mol. The van der Waals surface area contributed by atoms with Crippen molar-refractivity contribution in [3.8, 4) is 0 Å². The highest BCUT2D eigenvalue weighted by molar-refractivity contribution is 5.50. The van der Waals surface area contributed by atoms with E-state index in [2.05, 4.69) is 4.90 Å². The van der Waals surface area contributed by atoms with Gasteiger partial charge in [0.05, 0.1) is 0 Å². The molecule has 0 atom stereocenters. The van der Waals surface area contributed by atoms with Crippen LogP contribution in [0.15, 0.2) is 18.2 Å². The summed E-state index contributed by atoms with van der Waals surface area (Å²) in [6.07, 6.45) is 3.18. The van der Waals surface area contributed by atoms with E-state index in [1.54, 1.807) is 12.1 Å². The van der Waals surface area contributed by atoms with Crippen molar-refractivity contribution < 1.29 is 4.39 Å². The number of rotatable bonds is 4. The van der Waals surface area contributed by atoms with Gasteiger partial charge in [0.2, 0.25) is 0 Å². The van der Waals surface area contributed by atoms with E-state index >= 15 is 0 Å². The molecule has 1 aliphatic carbocycles. The van der Waals surface area contributed by atoms with E-state index in [4.69, 9.17) is 5.73 Å². The predicted octanol–water partition coefficient (Wildman–Crippen LogP) is 1.93. The Morgan fingerprint density at radius 2 is 2.13 bits per heavy atom. The number of halogens is 1. The Kier molecular flexibility index (Phi) is 2.91. The van der Waals surface area contributed by atoms with Gasteiger partial charge in [-0.1, -0.05) is 0 Å². The molecular weight excluding hydrogens is 191 g/mol. The number of anilines is 1. The average Bonchev–Trinajstić information content (AvgIpc) is 2.99. The van der Waals surface area contributed by atoms with Crippen LogP contribution in [-0.4, -0.2) is 19.6 Å². The lowest BCUT2D eigenvalue weighted by atomic mass is 10.1. The molecule has 2 nitrogen and oxygen atoms in total. The van der Waals surface area contributed by atoms with Gasteiger partial charge in [0, 0.05) is 18.8 Å². The summed E-state index contributed by atoms with van der Waals surface area (Å²) >= 11 is 0. The van der Waals surface area contributed by atoms with Gasteiger partial charge in [-0.15, -0.1) is 0 Å². The van der Waals surface area contributed by atoms with Crippen LogP contribution in [0.4, 0.5) is 10.1 Å². The minimum Gasteiger partial charge on any atom is -0.372 e. The molecule has 0 aromatic heterocycles. The van der Waals surface area contributed by atoms with Crippen LogP contribution in [0.1, 0.15) is 18.4 Å². The van der Waals surface area contributed by atoms with Gasteiger partial charge in [0.25, 0.3) is 0 Å². The first-order valence-corrected chi connectivity index (χ1v) is 5.43. The van der Waals surface area contributed by atoms with Crippen molar-refractivity contribution in [3.63, 3.8) is 0 Å². The van der Waals surface area contributed by atoms with Crippen molar-refractivity contribution in [1.29, 1.82) is 0 Å². The Balaban J connectivity index is 2.21. The molecule has 15 heavy (non-hydrogen) atoms. The molecule has 0 bridgehead atoms. The highest BCUT2D eigenvalue weighted by Gasteiger charge is 2.26. The summed E-state index contributed by atoms with van der Waals surface area (Å²) in [4.78, 5) is 2.16. The summed E-state index contributed by atoms with van der Waals surface area (Å²) in [6, 6.07) is 5.81. The van der Waals surface area contributed by atoms with Crippen LogP contribution in [0.25, 0.3) is 0 Å². The Morgan fingerprint density at radius 1 is 1.40 bits per heavy atom. The van der Waals surface area contributed by atoms with E-state index in [1.165, 1.54) is 12.8 Å². The van der Waals surface area contributed by atoms with Gasteiger partial charge >= 0.3 is 0 Å². The quantitative estimate of drug-likeness (QED) is 0.819. The number of nitrogens with two attached hydrogens (primary N) is 1. The Bertz CT molecular complexity index is 347. The molecule has 0 unspecified atom stereocenters. The molecule has 1 saturated carbocycles. The lowest BCUT2D eigenvalue weighted by Gasteiger charge is -2.19. The predicted molar refractivity (Wildman–Crippen MR) is 60.6 cm³/mol. The lowest BCUT2D eigenvalue weighted by molar-refractivity contribution is 0.624. The maximum absolute atomic E-state index is 13.3. The fourth-order valence-electron chi connectivity index (χ4n) is 1.82. The largest absolute Gasteiger partial charge is 0.372 e. The molecule has 0 spiro atoms. The van der Waals surface area contributed by atoms with E-state index in [1.807, 2.05) is 13.1 Å². The Labute approximate surface area is 89.9 Å². The maximum atomic E-state index is 13.3. The molecule has 0 radical (unpaired) electrons. The molecule has 2 N–H and O–H groups in total. The second-order valence-corrected chi connectivity index (χ2v) is 4.20. The summed E-state index contributed by atoms with van der Waals surface area (Å²) in [5.41, 5.74) is 7.43. The van der Waals surface area contributed by atoms with Crippen molar-refractivity contribution in [1.82, 2.24) is 0 Å². The van der Waals surface area contributed by atoms with Crippen molar-refractivity contribution in [2.24, 2.45) is 5.73 Å². The van der Waals surface area contributed by atoms with Gasteiger partial charge in [-0.3, -0.25) is 0 Å². The number of nitrogens with zero attached hydrogens (tertiary/aromatic N) is 1. The van der Waals surface area contributed by atoms with E-state index in [-0.39, 0.29) is 5.82 Å². The summed E-state index contributed by atoms with van der Waals surface area (Å²) in [6.45, 7) is 0.566. The fourth-order valence-corrected chi connectivity index (χ4v) is 1.82. The first-order valence-electron chi connectivity index (χ1n) is 5.43. The van der Waals surface area contributed by atoms with E-state index < -0.39 is 0 Å². The highest BCUT2D eigenvalue weighted by Crippen LogP contribution is 2.30. The van der Waals surface area contributed by atoms with Crippen LogP contribution in [0.3, 0.4) is 0 Å².